The van der Waals surface area contributed by atoms with E-state index in [9.17, 15) is 4.79 Å². The van der Waals surface area contributed by atoms with Crippen molar-refractivity contribution >= 4 is 34.7 Å². The van der Waals surface area contributed by atoms with Gasteiger partial charge in [-0.25, -0.2) is 0 Å². The van der Waals surface area contributed by atoms with Gasteiger partial charge in [0.2, 0.25) is 11.9 Å². The van der Waals surface area contributed by atoms with Crippen molar-refractivity contribution in [2.75, 3.05) is 15.5 Å². The molecule has 7 nitrogen and oxygen atoms in total. The molecule has 0 spiro atoms. The van der Waals surface area contributed by atoms with Gasteiger partial charge in [-0.15, -0.1) is 5.10 Å². The molecule has 2 heterocycles. The molecule has 0 saturated carbocycles. The number of nitrogens with zero attached hydrogens (tertiary/aromatic N) is 4. The molecule has 1 amide bonds. The van der Waals surface area contributed by atoms with E-state index in [-0.39, 0.29) is 5.91 Å². The van der Waals surface area contributed by atoms with Gasteiger partial charge in [-0.3, -0.25) is 4.79 Å². The van der Waals surface area contributed by atoms with Crippen LogP contribution in [0.4, 0.5) is 28.8 Å². The molecule has 2 N–H and O–H groups in total. The summed E-state index contributed by atoms with van der Waals surface area (Å²) in [7, 11) is 0. The molecule has 2 aromatic carbocycles. The highest BCUT2D eigenvalue weighted by molar-refractivity contribution is 5.89. The van der Waals surface area contributed by atoms with E-state index >= 15 is 0 Å². The van der Waals surface area contributed by atoms with E-state index in [1.165, 1.54) is 12.5 Å². The zero-order valence-electron chi connectivity index (χ0n) is 15.2. The highest BCUT2D eigenvalue weighted by atomic mass is 16.1. The van der Waals surface area contributed by atoms with Gasteiger partial charge in [0.1, 0.15) is 0 Å². The Morgan fingerprint density at radius 1 is 1.15 bits per heavy atom. The fourth-order valence-electron chi connectivity index (χ4n) is 3.39. The molecule has 0 fully saturated rings. The average Bonchev–Trinajstić information content (AvgIpc) is 2.97. The normalized spacial score (nSPS) is 15.3. The molecule has 7 heteroatoms. The van der Waals surface area contributed by atoms with Gasteiger partial charge in [-0.05, 0) is 43.2 Å². The van der Waals surface area contributed by atoms with Gasteiger partial charge < -0.3 is 15.5 Å². The maximum Gasteiger partial charge on any atom is 0.249 e. The Balaban J connectivity index is 1.60. The highest BCUT2D eigenvalue weighted by Gasteiger charge is 2.28. The molecular formula is C20H20N6O. The second-order valence-electron chi connectivity index (χ2n) is 6.58. The third-order valence-corrected chi connectivity index (χ3v) is 4.44. The fourth-order valence-corrected chi connectivity index (χ4v) is 3.39. The van der Waals surface area contributed by atoms with Crippen LogP contribution >= 0.6 is 0 Å². The number of rotatable bonds is 4. The molecule has 4 rings (SSSR count). The zero-order valence-corrected chi connectivity index (χ0v) is 15.2. The summed E-state index contributed by atoms with van der Waals surface area (Å²) in [5.74, 6) is 1.04. The minimum Gasteiger partial charge on any atom is -0.326 e. The van der Waals surface area contributed by atoms with Gasteiger partial charge in [0.25, 0.3) is 0 Å². The Hall–Kier alpha value is -3.48. The molecule has 0 aliphatic carbocycles. The highest BCUT2D eigenvalue weighted by Crippen LogP contribution is 2.37. The topological polar surface area (TPSA) is 83.0 Å². The van der Waals surface area contributed by atoms with Crippen LogP contribution in [0.3, 0.4) is 0 Å². The van der Waals surface area contributed by atoms with Crippen LogP contribution < -0.4 is 15.5 Å². The Kier molecular flexibility index (Phi) is 4.42. The monoisotopic (exact) mass is 360 g/mol. The van der Waals surface area contributed by atoms with Crippen LogP contribution in [0.5, 0.6) is 0 Å². The van der Waals surface area contributed by atoms with Gasteiger partial charge in [-0.2, -0.15) is 10.1 Å². The lowest BCUT2D eigenvalue weighted by molar-refractivity contribution is -0.114. The van der Waals surface area contributed by atoms with Gasteiger partial charge in [0, 0.05) is 30.0 Å². The standard InChI is InChI=1S/C20H20N6O/c1-13-10-15-6-3-4-9-18(15)26(13)19-12-21-25-20(24-19)23-17-8-5-7-16(11-17)22-14(2)27/h3-9,11-13H,10H2,1-2H3,(H,22,27)(H,23,24,25). The number of hydrogen-bond donors (Lipinski definition) is 2. The Bertz CT molecular complexity index is 989. The van der Waals surface area contributed by atoms with Crippen molar-refractivity contribution in [3.05, 3.63) is 60.3 Å². The number of anilines is 5. The molecule has 1 aromatic heterocycles. The number of benzene rings is 2. The predicted octanol–water partition coefficient (Wildman–Crippen LogP) is 3.66. The van der Waals surface area contributed by atoms with Gasteiger partial charge >= 0.3 is 0 Å². The summed E-state index contributed by atoms with van der Waals surface area (Å²) in [4.78, 5) is 18.1. The maximum absolute atomic E-state index is 11.2. The van der Waals surface area contributed by atoms with Crippen molar-refractivity contribution in [2.24, 2.45) is 0 Å². The van der Waals surface area contributed by atoms with E-state index in [1.807, 2.05) is 30.3 Å². The molecule has 27 heavy (non-hydrogen) atoms. The summed E-state index contributed by atoms with van der Waals surface area (Å²) in [5, 5.41) is 14.1. The van der Waals surface area contributed by atoms with Crippen molar-refractivity contribution in [3.8, 4) is 0 Å². The lowest BCUT2D eigenvalue weighted by Gasteiger charge is -2.23. The van der Waals surface area contributed by atoms with Crippen molar-refractivity contribution in [3.63, 3.8) is 0 Å². The summed E-state index contributed by atoms with van der Waals surface area (Å²) >= 11 is 0. The first-order chi connectivity index (χ1) is 13.1. The third kappa shape index (κ3) is 3.57. The molecule has 0 bridgehead atoms. The number of carbonyl (C=O) groups excluding carboxylic acids is 1. The maximum atomic E-state index is 11.2. The van der Waals surface area contributed by atoms with Crippen LogP contribution in [0.2, 0.25) is 0 Å². The lowest BCUT2D eigenvalue weighted by atomic mass is 10.1. The number of aromatic nitrogens is 3. The summed E-state index contributed by atoms with van der Waals surface area (Å²) in [6.45, 7) is 3.65. The number of hydrogen-bond acceptors (Lipinski definition) is 6. The van der Waals surface area contributed by atoms with Gasteiger partial charge in [0.15, 0.2) is 5.82 Å². The molecule has 0 radical (unpaired) electrons. The largest absolute Gasteiger partial charge is 0.326 e. The molecule has 3 aromatic rings. The van der Waals surface area contributed by atoms with Crippen molar-refractivity contribution in [1.29, 1.82) is 0 Å². The van der Waals surface area contributed by atoms with Crippen molar-refractivity contribution < 1.29 is 4.79 Å². The smallest absolute Gasteiger partial charge is 0.249 e. The minimum absolute atomic E-state index is 0.117. The molecule has 1 aliphatic rings. The molecule has 1 unspecified atom stereocenters. The van der Waals surface area contributed by atoms with Gasteiger partial charge in [-0.1, -0.05) is 24.3 Å². The first-order valence-corrected chi connectivity index (χ1v) is 8.82. The van der Waals surface area contributed by atoms with E-state index in [0.29, 0.717) is 17.7 Å². The quantitative estimate of drug-likeness (QED) is 0.739. The number of fused-ring (bicyclic) bond motifs is 1. The molecule has 1 aliphatic heterocycles. The van der Waals surface area contributed by atoms with E-state index in [4.69, 9.17) is 0 Å². The van der Waals surface area contributed by atoms with Crippen molar-refractivity contribution in [2.45, 2.75) is 26.3 Å². The summed E-state index contributed by atoms with van der Waals surface area (Å²) in [6, 6.07) is 16.0. The predicted molar refractivity (Wildman–Crippen MR) is 106 cm³/mol. The van der Waals surface area contributed by atoms with Crippen molar-refractivity contribution in [1.82, 2.24) is 15.2 Å². The fraction of sp³-hybridized carbons (Fsp3) is 0.200. The first-order valence-electron chi connectivity index (χ1n) is 8.82. The first kappa shape index (κ1) is 17.0. The number of para-hydroxylation sites is 1. The minimum atomic E-state index is -0.117. The van der Waals surface area contributed by atoms with Crippen LogP contribution in [-0.2, 0) is 11.2 Å². The summed E-state index contributed by atoms with van der Waals surface area (Å²) in [5.41, 5.74) is 3.94. The second-order valence-corrected chi connectivity index (χ2v) is 6.58. The molecule has 136 valence electrons. The average molecular weight is 360 g/mol. The third-order valence-electron chi connectivity index (χ3n) is 4.44. The second kappa shape index (κ2) is 7.03. The zero-order chi connectivity index (χ0) is 18.8. The Labute approximate surface area is 157 Å². The van der Waals surface area contributed by atoms with Crippen LogP contribution in [0.15, 0.2) is 54.7 Å². The van der Waals surface area contributed by atoms with E-state index in [2.05, 4.69) is 55.8 Å². The molecule has 1 atom stereocenters. The summed E-state index contributed by atoms with van der Waals surface area (Å²) in [6.07, 6.45) is 2.65. The van der Waals surface area contributed by atoms with Crippen LogP contribution in [0.1, 0.15) is 19.4 Å². The Morgan fingerprint density at radius 2 is 1.96 bits per heavy atom. The van der Waals surface area contributed by atoms with Crippen LogP contribution in [-0.4, -0.2) is 27.1 Å². The van der Waals surface area contributed by atoms with Gasteiger partial charge in [0.05, 0.1) is 6.20 Å². The number of nitrogens with one attached hydrogen (secondary N) is 2. The lowest BCUT2D eigenvalue weighted by Crippen LogP contribution is -2.25. The molecule has 0 saturated heterocycles. The molecular weight excluding hydrogens is 340 g/mol. The van der Waals surface area contributed by atoms with E-state index in [1.54, 1.807) is 6.20 Å². The summed E-state index contributed by atoms with van der Waals surface area (Å²) < 4.78 is 0. The van der Waals surface area contributed by atoms with Crippen LogP contribution in [0.25, 0.3) is 0 Å². The number of amides is 1. The number of carbonyl (C=O) groups is 1. The van der Waals surface area contributed by atoms with E-state index in [0.717, 1.165) is 23.6 Å². The Morgan fingerprint density at radius 3 is 2.81 bits per heavy atom. The van der Waals surface area contributed by atoms with E-state index < -0.39 is 0 Å². The van der Waals surface area contributed by atoms with Crippen LogP contribution in [0, 0.1) is 0 Å². The SMILES string of the molecule is CC(=O)Nc1cccc(Nc2nncc(N3c4ccccc4CC3C)n2)c1.